The summed E-state index contributed by atoms with van der Waals surface area (Å²) in [4.78, 5) is 14.2. The number of halogens is 3. The average molecular weight is 363 g/mol. The van der Waals surface area contributed by atoms with E-state index in [4.69, 9.17) is 0 Å². The van der Waals surface area contributed by atoms with Gasteiger partial charge in [0.1, 0.15) is 6.54 Å². The maximum absolute atomic E-state index is 13.2. The lowest BCUT2D eigenvalue weighted by Gasteiger charge is -2.33. The first-order valence-corrected chi connectivity index (χ1v) is 8.52. The fraction of sp³-hybridized carbons (Fsp3) is 0.381. The molecule has 1 amide bonds. The van der Waals surface area contributed by atoms with Gasteiger partial charge < -0.3 is 4.90 Å². The van der Waals surface area contributed by atoms with E-state index in [-0.39, 0.29) is 6.54 Å². The van der Waals surface area contributed by atoms with Crippen molar-refractivity contribution in [2.75, 3.05) is 13.1 Å². The van der Waals surface area contributed by atoms with Crippen molar-refractivity contribution in [2.24, 2.45) is 5.41 Å². The van der Waals surface area contributed by atoms with Crippen molar-refractivity contribution >= 4 is 5.91 Å². The van der Waals surface area contributed by atoms with E-state index in [0.717, 1.165) is 4.90 Å². The van der Waals surface area contributed by atoms with Gasteiger partial charge in [-0.15, -0.1) is 0 Å². The van der Waals surface area contributed by atoms with Crippen LogP contribution in [-0.2, 0) is 4.79 Å². The van der Waals surface area contributed by atoms with E-state index in [2.05, 4.69) is 0 Å². The summed E-state index contributed by atoms with van der Waals surface area (Å²) in [5.74, 6) is -1.29. The van der Waals surface area contributed by atoms with E-state index < -0.39 is 30.0 Å². The third-order valence-corrected chi connectivity index (χ3v) is 3.86. The van der Waals surface area contributed by atoms with E-state index in [1.54, 1.807) is 48.5 Å². The molecule has 2 aromatic rings. The minimum atomic E-state index is -4.45. The summed E-state index contributed by atoms with van der Waals surface area (Å²) in [6.45, 7) is 4.25. The smallest absolute Gasteiger partial charge is 0.332 e. The minimum absolute atomic E-state index is 0.0293. The number of hydrogen-bond donors (Lipinski definition) is 0. The Labute approximate surface area is 152 Å². The molecule has 26 heavy (non-hydrogen) atoms. The van der Waals surface area contributed by atoms with Gasteiger partial charge in [0.2, 0.25) is 5.91 Å². The highest BCUT2D eigenvalue weighted by molar-refractivity contribution is 5.87. The number of rotatable bonds is 5. The largest absolute Gasteiger partial charge is 0.406 e. The van der Waals surface area contributed by atoms with Gasteiger partial charge in [-0.1, -0.05) is 81.4 Å². The van der Waals surface area contributed by atoms with Gasteiger partial charge in [-0.25, -0.2) is 0 Å². The molecule has 0 fully saturated rings. The maximum Gasteiger partial charge on any atom is 0.406 e. The molecule has 0 heterocycles. The van der Waals surface area contributed by atoms with Gasteiger partial charge in [-0.05, 0) is 16.5 Å². The van der Waals surface area contributed by atoms with Crippen LogP contribution < -0.4 is 0 Å². The monoisotopic (exact) mass is 363 g/mol. The highest BCUT2D eigenvalue weighted by Crippen LogP contribution is 2.30. The first-order valence-electron chi connectivity index (χ1n) is 8.52. The van der Waals surface area contributed by atoms with E-state index in [1.807, 2.05) is 32.9 Å². The standard InChI is InChI=1S/C21H24F3NO/c1-20(2,3)14-25(15-21(22,23)24)19(26)18(16-10-6-4-7-11-16)17-12-8-5-9-13-17/h4-13,18H,14-15H2,1-3H3. The maximum atomic E-state index is 13.2. The van der Waals surface area contributed by atoms with Crippen LogP contribution in [0.15, 0.2) is 60.7 Å². The number of nitrogens with zero attached hydrogens (tertiary/aromatic N) is 1. The van der Waals surface area contributed by atoms with E-state index in [1.165, 1.54) is 0 Å². The van der Waals surface area contributed by atoms with E-state index in [9.17, 15) is 18.0 Å². The van der Waals surface area contributed by atoms with Crippen molar-refractivity contribution in [3.63, 3.8) is 0 Å². The van der Waals surface area contributed by atoms with Gasteiger partial charge in [0.25, 0.3) is 0 Å². The molecule has 2 aromatic carbocycles. The number of alkyl halides is 3. The molecule has 0 aliphatic heterocycles. The SMILES string of the molecule is CC(C)(C)CN(CC(F)(F)F)C(=O)C(c1ccccc1)c1ccccc1. The number of carbonyl (C=O) groups is 1. The van der Waals surface area contributed by atoms with Crippen molar-refractivity contribution in [1.82, 2.24) is 4.90 Å². The van der Waals surface area contributed by atoms with Crippen molar-refractivity contribution < 1.29 is 18.0 Å². The quantitative estimate of drug-likeness (QED) is 0.710. The summed E-state index contributed by atoms with van der Waals surface area (Å²) in [5, 5.41) is 0. The van der Waals surface area contributed by atoms with Crippen molar-refractivity contribution in [3.05, 3.63) is 71.8 Å². The van der Waals surface area contributed by atoms with E-state index >= 15 is 0 Å². The molecule has 0 spiro atoms. The molecule has 0 atom stereocenters. The predicted octanol–water partition coefficient (Wildman–Crippen LogP) is 5.26. The van der Waals surface area contributed by atoms with Gasteiger partial charge in [0.15, 0.2) is 0 Å². The molecule has 0 unspecified atom stereocenters. The Balaban J connectivity index is 2.45. The molecule has 0 saturated carbocycles. The average Bonchev–Trinajstić information content (AvgIpc) is 2.54. The predicted molar refractivity (Wildman–Crippen MR) is 96.8 cm³/mol. The molecule has 0 aromatic heterocycles. The Bertz CT molecular complexity index is 650. The lowest BCUT2D eigenvalue weighted by atomic mass is 9.88. The molecular formula is C21H24F3NO. The van der Waals surface area contributed by atoms with E-state index in [0.29, 0.717) is 11.1 Å². The fourth-order valence-corrected chi connectivity index (χ4v) is 2.95. The van der Waals surface area contributed by atoms with Crippen LogP contribution in [0.25, 0.3) is 0 Å². The van der Waals surface area contributed by atoms with Gasteiger partial charge in [0, 0.05) is 6.54 Å². The summed E-state index contributed by atoms with van der Waals surface area (Å²) >= 11 is 0. The van der Waals surface area contributed by atoms with Gasteiger partial charge >= 0.3 is 6.18 Å². The summed E-state index contributed by atoms with van der Waals surface area (Å²) < 4.78 is 39.3. The molecule has 0 aliphatic rings. The molecule has 5 heteroatoms. The molecule has 2 nitrogen and oxygen atoms in total. The summed E-state index contributed by atoms with van der Waals surface area (Å²) in [6.07, 6.45) is -4.45. The first kappa shape index (κ1) is 20.0. The normalized spacial score (nSPS) is 12.3. The Morgan fingerprint density at radius 2 is 1.27 bits per heavy atom. The molecule has 140 valence electrons. The van der Waals surface area contributed by atoms with Crippen molar-refractivity contribution in [2.45, 2.75) is 32.9 Å². The molecular weight excluding hydrogens is 339 g/mol. The number of hydrogen-bond acceptors (Lipinski definition) is 1. The van der Waals surface area contributed by atoms with Crippen LogP contribution in [0.3, 0.4) is 0 Å². The molecule has 0 N–H and O–H groups in total. The van der Waals surface area contributed by atoms with Crippen molar-refractivity contribution in [1.29, 1.82) is 0 Å². The van der Waals surface area contributed by atoms with Crippen LogP contribution in [0, 0.1) is 5.41 Å². The second-order valence-corrected chi connectivity index (χ2v) is 7.62. The third-order valence-electron chi connectivity index (χ3n) is 3.86. The summed E-state index contributed by atoms with van der Waals surface area (Å²) in [7, 11) is 0. The fourth-order valence-electron chi connectivity index (χ4n) is 2.95. The number of benzene rings is 2. The second kappa shape index (κ2) is 7.94. The Morgan fingerprint density at radius 3 is 1.62 bits per heavy atom. The lowest BCUT2D eigenvalue weighted by Crippen LogP contribution is -2.45. The topological polar surface area (TPSA) is 20.3 Å². The third kappa shape index (κ3) is 5.90. The van der Waals surface area contributed by atoms with Crippen LogP contribution >= 0.6 is 0 Å². The van der Waals surface area contributed by atoms with Crippen LogP contribution in [0.4, 0.5) is 13.2 Å². The second-order valence-electron chi connectivity index (χ2n) is 7.62. The molecule has 2 rings (SSSR count). The van der Waals surface area contributed by atoms with Crippen LogP contribution in [-0.4, -0.2) is 30.1 Å². The van der Waals surface area contributed by atoms with Gasteiger partial charge in [-0.3, -0.25) is 4.79 Å². The molecule has 0 aliphatic carbocycles. The van der Waals surface area contributed by atoms with Crippen molar-refractivity contribution in [3.8, 4) is 0 Å². The zero-order chi connectivity index (χ0) is 19.4. The Hall–Kier alpha value is -2.30. The minimum Gasteiger partial charge on any atom is -0.332 e. The highest BCUT2D eigenvalue weighted by Gasteiger charge is 2.37. The lowest BCUT2D eigenvalue weighted by molar-refractivity contribution is -0.163. The highest BCUT2D eigenvalue weighted by atomic mass is 19.4. The summed E-state index contributed by atoms with van der Waals surface area (Å²) in [5.41, 5.74) is 0.924. The van der Waals surface area contributed by atoms with Crippen LogP contribution in [0.1, 0.15) is 37.8 Å². The van der Waals surface area contributed by atoms with Crippen LogP contribution in [0.5, 0.6) is 0 Å². The Kier molecular flexibility index (Phi) is 6.11. The molecule has 0 saturated heterocycles. The van der Waals surface area contributed by atoms with Gasteiger partial charge in [0.05, 0.1) is 5.92 Å². The first-order chi connectivity index (χ1) is 12.1. The molecule has 0 bridgehead atoms. The number of carbonyl (C=O) groups excluding carboxylic acids is 1. The number of amides is 1. The molecule has 0 radical (unpaired) electrons. The summed E-state index contributed by atoms with van der Waals surface area (Å²) in [6, 6.07) is 17.9. The Morgan fingerprint density at radius 1 is 0.846 bits per heavy atom. The van der Waals surface area contributed by atoms with Gasteiger partial charge in [-0.2, -0.15) is 13.2 Å². The zero-order valence-corrected chi connectivity index (χ0v) is 15.3. The van der Waals surface area contributed by atoms with Crippen LogP contribution in [0.2, 0.25) is 0 Å². The zero-order valence-electron chi connectivity index (χ0n) is 15.3.